The summed E-state index contributed by atoms with van der Waals surface area (Å²) in [6.07, 6.45) is 0. The second-order valence-electron chi connectivity index (χ2n) is 3.39. The first-order valence-corrected chi connectivity index (χ1v) is 7.08. The van der Waals surface area contributed by atoms with Gasteiger partial charge in [-0.1, -0.05) is 6.07 Å². The van der Waals surface area contributed by atoms with Crippen LogP contribution in [0.2, 0.25) is 0 Å². The molecule has 0 aromatic carbocycles. The van der Waals surface area contributed by atoms with Crippen molar-refractivity contribution in [1.29, 1.82) is 0 Å². The molecule has 0 spiro atoms. The summed E-state index contributed by atoms with van der Waals surface area (Å²) < 4.78 is 24.6. The molecule has 0 unspecified atom stereocenters. The summed E-state index contributed by atoms with van der Waals surface area (Å²) in [7, 11) is -1.76. The Hall–Kier alpha value is -1.34. The largest absolute Gasteiger partial charge is 0.370 e. The van der Waals surface area contributed by atoms with Crippen molar-refractivity contribution in [3.05, 3.63) is 18.2 Å². The number of hydrogen-bond acceptors (Lipinski definition) is 5. The molecule has 0 saturated heterocycles. The third-order valence-corrected chi connectivity index (χ3v) is 3.46. The average molecular weight is 258 g/mol. The molecule has 0 amide bonds. The number of anilines is 2. The highest BCUT2D eigenvalue weighted by molar-refractivity contribution is 7.89. The van der Waals surface area contributed by atoms with Crippen LogP contribution in [0.4, 0.5) is 11.6 Å². The lowest BCUT2D eigenvalue weighted by Crippen LogP contribution is -2.26. The summed E-state index contributed by atoms with van der Waals surface area (Å²) in [5.74, 6) is 1.46. The molecule has 0 bridgehead atoms. The van der Waals surface area contributed by atoms with Gasteiger partial charge >= 0.3 is 0 Å². The number of rotatable bonds is 7. The summed E-state index contributed by atoms with van der Waals surface area (Å²) in [6.45, 7) is 3.11. The zero-order chi connectivity index (χ0) is 12.7. The maximum atomic E-state index is 11.2. The molecular weight excluding hydrogens is 240 g/mol. The van der Waals surface area contributed by atoms with Gasteiger partial charge in [0.2, 0.25) is 10.0 Å². The van der Waals surface area contributed by atoms with Gasteiger partial charge in [-0.05, 0) is 26.1 Å². The highest BCUT2D eigenvalue weighted by Crippen LogP contribution is 2.08. The van der Waals surface area contributed by atoms with Crippen LogP contribution >= 0.6 is 0 Å². The molecule has 1 rings (SSSR count). The highest BCUT2D eigenvalue weighted by atomic mass is 32.2. The zero-order valence-corrected chi connectivity index (χ0v) is 10.8. The molecule has 0 atom stereocenters. The number of sulfonamides is 1. The predicted molar refractivity (Wildman–Crippen MR) is 69.7 cm³/mol. The first-order chi connectivity index (χ1) is 8.07. The third-order valence-electron chi connectivity index (χ3n) is 2.09. The maximum absolute atomic E-state index is 11.2. The Morgan fingerprint density at radius 1 is 1.24 bits per heavy atom. The molecule has 0 aliphatic heterocycles. The van der Waals surface area contributed by atoms with E-state index in [1.807, 2.05) is 19.1 Å². The van der Waals surface area contributed by atoms with Gasteiger partial charge in [-0.3, -0.25) is 0 Å². The molecule has 1 aromatic rings. The van der Waals surface area contributed by atoms with Crippen molar-refractivity contribution < 1.29 is 8.42 Å². The van der Waals surface area contributed by atoms with E-state index >= 15 is 0 Å². The predicted octanol–water partition coefficient (Wildman–Crippen LogP) is 0.474. The minimum absolute atomic E-state index is 0.0244. The summed E-state index contributed by atoms with van der Waals surface area (Å²) >= 11 is 0. The maximum Gasteiger partial charge on any atom is 0.213 e. The number of nitrogens with one attached hydrogen (secondary N) is 3. The molecule has 0 aliphatic carbocycles. The van der Waals surface area contributed by atoms with Crippen LogP contribution in [0.5, 0.6) is 0 Å². The summed E-state index contributed by atoms with van der Waals surface area (Å²) in [4.78, 5) is 4.27. The monoisotopic (exact) mass is 258 g/mol. The number of pyridine rings is 1. The lowest BCUT2D eigenvalue weighted by molar-refractivity contribution is 0.588. The van der Waals surface area contributed by atoms with Crippen molar-refractivity contribution in [3.63, 3.8) is 0 Å². The normalized spacial score (nSPS) is 11.2. The molecule has 17 heavy (non-hydrogen) atoms. The van der Waals surface area contributed by atoms with Gasteiger partial charge in [0.05, 0.1) is 5.75 Å². The standard InChI is InChI=1S/C10H18N4O2S/c1-3-12-9-5-4-6-10(14-9)13-7-8-17(15,16)11-2/h4-6,11H,3,7-8H2,1-2H3,(H2,12,13,14). The van der Waals surface area contributed by atoms with E-state index in [0.717, 1.165) is 12.4 Å². The Kier molecular flexibility index (Phi) is 5.17. The molecule has 96 valence electrons. The van der Waals surface area contributed by atoms with Crippen molar-refractivity contribution in [2.24, 2.45) is 0 Å². The molecule has 7 heteroatoms. The summed E-state index contributed by atoms with van der Waals surface area (Å²) in [5.41, 5.74) is 0. The Bertz CT molecular complexity index is 447. The van der Waals surface area contributed by atoms with Crippen LogP contribution in [-0.4, -0.2) is 39.3 Å². The van der Waals surface area contributed by atoms with Gasteiger partial charge in [0.25, 0.3) is 0 Å². The van der Waals surface area contributed by atoms with E-state index in [1.54, 1.807) is 6.07 Å². The van der Waals surface area contributed by atoms with Gasteiger partial charge in [-0.15, -0.1) is 0 Å². The molecule has 1 aromatic heterocycles. The molecule has 1 heterocycles. The van der Waals surface area contributed by atoms with Gasteiger partial charge in [0, 0.05) is 13.1 Å². The van der Waals surface area contributed by atoms with Crippen molar-refractivity contribution >= 4 is 21.7 Å². The van der Waals surface area contributed by atoms with Crippen molar-refractivity contribution in [1.82, 2.24) is 9.71 Å². The first kappa shape index (κ1) is 13.7. The van der Waals surface area contributed by atoms with E-state index in [4.69, 9.17) is 0 Å². The molecule has 6 nitrogen and oxygen atoms in total. The van der Waals surface area contributed by atoms with Gasteiger partial charge in [0.1, 0.15) is 11.6 Å². The quantitative estimate of drug-likeness (QED) is 0.662. The van der Waals surface area contributed by atoms with E-state index < -0.39 is 10.0 Å². The lowest BCUT2D eigenvalue weighted by Gasteiger charge is -2.08. The summed E-state index contributed by atoms with van der Waals surface area (Å²) in [6, 6.07) is 5.52. The summed E-state index contributed by atoms with van der Waals surface area (Å²) in [5, 5.41) is 6.05. The van der Waals surface area contributed by atoms with Crippen LogP contribution in [0.15, 0.2) is 18.2 Å². The van der Waals surface area contributed by atoms with Crippen LogP contribution in [0.25, 0.3) is 0 Å². The van der Waals surface area contributed by atoms with Crippen LogP contribution in [0.1, 0.15) is 6.92 Å². The van der Waals surface area contributed by atoms with Gasteiger partial charge < -0.3 is 10.6 Å². The van der Waals surface area contributed by atoms with Gasteiger partial charge in [-0.25, -0.2) is 18.1 Å². The first-order valence-electron chi connectivity index (χ1n) is 5.43. The molecule has 0 fully saturated rings. The van der Waals surface area contributed by atoms with E-state index in [2.05, 4.69) is 20.3 Å². The Balaban J connectivity index is 2.49. The van der Waals surface area contributed by atoms with Gasteiger partial charge in [0.15, 0.2) is 0 Å². The van der Waals surface area contributed by atoms with Crippen LogP contribution in [-0.2, 0) is 10.0 Å². The molecular formula is C10H18N4O2S. The topological polar surface area (TPSA) is 83.1 Å². The lowest BCUT2D eigenvalue weighted by atomic mass is 10.4. The Morgan fingerprint density at radius 3 is 2.47 bits per heavy atom. The van der Waals surface area contributed by atoms with Crippen molar-refractivity contribution in [2.75, 3.05) is 36.5 Å². The highest BCUT2D eigenvalue weighted by Gasteiger charge is 2.05. The number of hydrogen-bond donors (Lipinski definition) is 3. The number of aromatic nitrogens is 1. The third kappa shape index (κ3) is 5.01. The van der Waals surface area contributed by atoms with Crippen LogP contribution in [0, 0.1) is 0 Å². The molecule has 0 saturated carbocycles. The van der Waals surface area contributed by atoms with E-state index in [-0.39, 0.29) is 5.75 Å². The fraction of sp³-hybridized carbons (Fsp3) is 0.500. The van der Waals surface area contributed by atoms with Crippen LogP contribution < -0.4 is 15.4 Å². The average Bonchev–Trinajstić information content (AvgIpc) is 2.30. The fourth-order valence-corrected chi connectivity index (χ4v) is 1.80. The minimum atomic E-state index is -3.17. The van der Waals surface area contributed by atoms with Crippen molar-refractivity contribution in [3.8, 4) is 0 Å². The second-order valence-corrected chi connectivity index (χ2v) is 5.43. The van der Waals surface area contributed by atoms with Crippen LogP contribution in [0.3, 0.4) is 0 Å². The van der Waals surface area contributed by atoms with Crippen molar-refractivity contribution in [2.45, 2.75) is 6.92 Å². The molecule has 3 N–H and O–H groups in total. The molecule has 0 aliphatic rings. The van der Waals surface area contributed by atoms with Gasteiger partial charge in [-0.2, -0.15) is 0 Å². The zero-order valence-electron chi connectivity index (χ0n) is 10.0. The Morgan fingerprint density at radius 2 is 1.88 bits per heavy atom. The fourth-order valence-electron chi connectivity index (χ4n) is 1.23. The smallest absolute Gasteiger partial charge is 0.213 e. The van der Waals surface area contributed by atoms with E-state index in [9.17, 15) is 8.42 Å². The minimum Gasteiger partial charge on any atom is -0.370 e. The SMILES string of the molecule is CCNc1cccc(NCCS(=O)(=O)NC)n1. The number of nitrogens with zero attached hydrogens (tertiary/aromatic N) is 1. The Labute approximate surface area is 102 Å². The van der Waals surface area contributed by atoms with E-state index in [1.165, 1.54) is 7.05 Å². The molecule has 0 radical (unpaired) electrons. The van der Waals surface area contributed by atoms with E-state index in [0.29, 0.717) is 12.4 Å². The second kappa shape index (κ2) is 6.41.